The summed E-state index contributed by atoms with van der Waals surface area (Å²) in [7, 11) is 3.15. The number of anilines is 1. The fourth-order valence-electron chi connectivity index (χ4n) is 2.31. The summed E-state index contributed by atoms with van der Waals surface area (Å²) in [6.07, 6.45) is 0.845. The molecule has 0 aliphatic carbocycles. The number of benzene rings is 1. The number of fused-ring (bicyclic) bond motifs is 1. The van der Waals surface area contributed by atoms with E-state index in [4.69, 9.17) is 26.9 Å². The second kappa shape index (κ2) is 6.37. The first-order valence-electron chi connectivity index (χ1n) is 6.72. The molecule has 1 heterocycles. The van der Waals surface area contributed by atoms with Crippen LogP contribution in [0, 0.1) is 5.92 Å². The Balaban J connectivity index is 2.79. The first-order chi connectivity index (χ1) is 10.0. The fraction of sp³-hybridized carbons (Fsp3) is 0.400. The number of aromatic nitrogens is 1. The highest BCUT2D eigenvalue weighted by molar-refractivity contribution is 6.38. The van der Waals surface area contributed by atoms with E-state index in [0.29, 0.717) is 39.0 Å². The normalized spacial score (nSPS) is 11.0. The largest absolute Gasteiger partial charge is 0.495 e. The Morgan fingerprint density at radius 1 is 1.24 bits per heavy atom. The van der Waals surface area contributed by atoms with Crippen molar-refractivity contribution in [2.75, 3.05) is 19.6 Å². The zero-order valence-electron chi connectivity index (χ0n) is 12.7. The van der Waals surface area contributed by atoms with E-state index < -0.39 is 0 Å². The molecule has 2 aromatic rings. The molecule has 0 bridgehead atoms. The van der Waals surface area contributed by atoms with Crippen LogP contribution in [0.25, 0.3) is 10.9 Å². The second-order valence-electron chi connectivity index (χ2n) is 5.22. The van der Waals surface area contributed by atoms with Crippen LogP contribution >= 0.6 is 11.6 Å². The highest BCUT2D eigenvalue weighted by atomic mass is 35.5. The maximum absolute atomic E-state index is 6.40. The van der Waals surface area contributed by atoms with Crippen molar-refractivity contribution in [2.45, 2.75) is 20.3 Å². The van der Waals surface area contributed by atoms with Crippen molar-refractivity contribution in [1.29, 1.82) is 0 Å². The van der Waals surface area contributed by atoms with Gasteiger partial charge in [0.05, 0.1) is 30.3 Å². The maximum atomic E-state index is 6.40. The van der Waals surface area contributed by atoms with Gasteiger partial charge in [0.2, 0.25) is 0 Å². The molecule has 0 saturated carbocycles. The molecule has 3 N–H and O–H groups in total. The molecule has 114 valence electrons. The van der Waals surface area contributed by atoms with Gasteiger partial charge >= 0.3 is 0 Å². The smallest absolute Gasteiger partial charge is 0.148 e. The van der Waals surface area contributed by atoms with Crippen LogP contribution in [0.2, 0.25) is 5.02 Å². The molecular weight excluding hydrogens is 290 g/mol. The van der Waals surface area contributed by atoms with Gasteiger partial charge in [0.25, 0.3) is 0 Å². The van der Waals surface area contributed by atoms with Crippen molar-refractivity contribution in [3.05, 3.63) is 22.8 Å². The van der Waals surface area contributed by atoms with Crippen LogP contribution in [-0.4, -0.2) is 19.2 Å². The summed E-state index contributed by atoms with van der Waals surface area (Å²) in [5.41, 5.74) is 5.01. The van der Waals surface area contributed by atoms with Crippen LogP contribution in [0.5, 0.6) is 11.5 Å². The average molecular weight is 310 g/mol. The monoisotopic (exact) mass is 309 g/mol. The number of halogens is 1. The van der Waals surface area contributed by atoms with Gasteiger partial charge in [-0.25, -0.2) is 4.98 Å². The number of hydrogen-bond donors (Lipinski definition) is 2. The van der Waals surface area contributed by atoms with E-state index in [9.17, 15) is 0 Å². The van der Waals surface area contributed by atoms with Crippen molar-refractivity contribution < 1.29 is 9.47 Å². The standard InChI is InChI=1S/C15H20ClN3O2/c1-8(2)5-9-6-10(19-17)13-14(16)11(20-3)7-12(21-4)15(13)18-9/h6-8H,5,17H2,1-4H3,(H,18,19). The zero-order chi connectivity index (χ0) is 15.6. The van der Waals surface area contributed by atoms with Gasteiger partial charge in [-0.1, -0.05) is 25.4 Å². The number of nitrogen functional groups attached to an aromatic ring is 1. The molecule has 0 spiro atoms. The summed E-state index contributed by atoms with van der Waals surface area (Å²) in [6.45, 7) is 4.28. The SMILES string of the molecule is COc1cc(OC)c2nc(CC(C)C)cc(NN)c2c1Cl. The number of nitrogens with one attached hydrogen (secondary N) is 1. The van der Waals surface area contributed by atoms with Crippen LogP contribution in [0.3, 0.4) is 0 Å². The lowest BCUT2D eigenvalue weighted by molar-refractivity contribution is 0.397. The molecule has 5 nitrogen and oxygen atoms in total. The van der Waals surface area contributed by atoms with Crippen LogP contribution in [0.1, 0.15) is 19.5 Å². The summed E-state index contributed by atoms with van der Waals surface area (Å²) >= 11 is 6.40. The number of pyridine rings is 1. The minimum atomic E-state index is 0.463. The molecule has 1 aromatic carbocycles. The van der Waals surface area contributed by atoms with Gasteiger partial charge in [-0.05, 0) is 18.4 Å². The van der Waals surface area contributed by atoms with E-state index in [-0.39, 0.29) is 0 Å². The lowest BCUT2D eigenvalue weighted by atomic mass is 10.0. The molecule has 0 fully saturated rings. The Morgan fingerprint density at radius 3 is 2.43 bits per heavy atom. The molecule has 0 aliphatic heterocycles. The number of ether oxygens (including phenoxy) is 2. The molecular formula is C15H20ClN3O2. The van der Waals surface area contributed by atoms with E-state index in [0.717, 1.165) is 12.1 Å². The third-order valence-corrected chi connectivity index (χ3v) is 3.59. The predicted octanol–water partition coefficient (Wildman–Crippen LogP) is 3.39. The number of nitrogens with two attached hydrogens (primary N) is 1. The predicted molar refractivity (Wildman–Crippen MR) is 86.2 cm³/mol. The van der Waals surface area contributed by atoms with Gasteiger partial charge in [-0.2, -0.15) is 0 Å². The van der Waals surface area contributed by atoms with Crippen LogP contribution in [0.15, 0.2) is 12.1 Å². The van der Waals surface area contributed by atoms with Gasteiger partial charge in [0.15, 0.2) is 0 Å². The van der Waals surface area contributed by atoms with Crippen molar-refractivity contribution in [3.63, 3.8) is 0 Å². The van der Waals surface area contributed by atoms with Crippen LogP contribution < -0.4 is 20.7 Å². The first-order valence-corrected chi connectivity index (χ1v) is 7.10. The van der Waals surface area contributed by atoms with E-state index in [2.05, 4.69) is 24.3 Å². The summed E-state index contributed by atoms with van der Waals surface area (Å²) in [6, 6.07) is 3.64. The number of hydrazine groups is 1. The highest BCUT2D eigenvalue weighted by Gasteiger charge is 2.18. The number of nitrogens with zero attached hydrogens (tertiary/aromatic N) is 1. The average Bonchev–Trinajstić information content (AvgIpc) is 2.46. The summed E-state index contributed by atoms with van der Waals surface area (Å²) in [5.74, 6) is 7.26. The molecule has 1 aromatic heterocycles. The van der Waals surface area contributed by atoms with Crippen molar-refractivity contribution >= 4 is 28.2 Å². The lowest BCUT2D eigenvalue weighted by Crippen LogP contribution is -2.10. The minimum absolute atomic E-state index is 0.463. The molecule has 0 atom stereocenters. The quantitative estimate of drug-likeness (QED) is 0.654. The van der Waals surface area contributed by atoms with Crippen molar-refractivity contribution in [2.24, 2.45) is 11.8 Å². The maximum Gasteiger partial charge on any atom is 0.148 e. The zero-order valence-corrected chi connectivity index (χ0v) is 13.4. The van der Waals surface area contributed by atoms with Gasteiger partial charge in [-0.3, -0.25) is 5.84 Å². The highest BCUT2D eigenvalue weighted by Crippen LogP contribution is 2.41. The first kappa shape index (κ1) is 15.7. The molecule has 6 heteroatoms. The number of methoxy groups -OCH3 is 2. The van der Waals surface area contributed by atoms with Gasteiger partial charge in [-0.15, -0.1) is 0 Å². The summed E-state index contributed by atoms with van der Waals surface area (Å²) < 4.78 is 10.7. The molecule has 0 aliphatic rings. The number of hydrogen-bond acceptors (Lipinski definition) is 5. The summed E-state index contributed by atoms with van der Waals surface area (Å²) in [4.78, 5) is 4.67. The van der Waals surface area contributed by atoms with E-state index in [1.54, 1.807) is 20.3 Å². The lowest BCUT2D eigenvalue weighted by Gasteiger charge is -2.16. The molecule has 0 radical (unpaired) electrons. The molecule has 2 rings (SSSR count). The fourth-order valence-corrected chi connectivity index (χ4v) is 2.64. The topological polar surface area (TPSA) is 69.4 Å². The van der Waals surface area contributed by atoms with Crippen LogP contribution in [-0.2, 0) is 6.42 Å². The Hall–Kier alpha value is -1.72. The van der Waals surface area contributed by atoms with Gasteiger partial charge < -0.3 is 14.9 Å². The van der Waals surface area contributed by atoms with E-state index in [1.807, 2.05) is 6.07 Å². The molecule has 0 unspecified atom stereocenters. The second-order valence-corrected chi connectivity index (χ2v) is 5.60. The van der Waals surface area contributed by atoms with E-state index in [1.165, 1.54) is 0 Å². The number of rotatable bonds is 5. The van der Waals surface area contributed by atoms with E-state index >= 15 is 0 Å². The molecule has 0 saturated heterocycles. The van der Waals surface area contributed by atoms with Gasteiger partial charge in [0, 0.05) is 11.8 Å². The van der Waals surface area contributed by atoms with Crippen molar-refractivity contribution in [3.8, 4) is 11.5 Å². The Bertz CT molecular complexity index is 659. The molecule has 21 heavy (non-hydrogen) atoms. The Labute approximate surface area is 129 Å². The minimum Gasteiger partial charge on any atom is -0.495 e. The molecule has 0 amide bonds. The Kier molecular flexibility index (Phi) is 4.75. The third kappa shape index (κ3) is 2.99. The third-order valence-electron chi connectivity index (χ3n) is 3.22. The summed E-state index contributed by atoms with van der Waals surface area (Å²) in [5, 5.41) is 1.16. The Morgan fingerprint density at radius 2 is 1.90 bits per heavy atom. The van der Waals surface area contributed by atoms with Gasteiger partial charge in [0.1, 0.15) is 17.0 Å². The van der Waals surface area contributed by atoms with Crippen LogP contribution in [0.4, 0.5) is 5.69 Å². The van der Waals surface area contributed by atoms with Crippen molar-refractivity contribution in [1.82, 2.24) is 4.98 Å².